The number of non-ortho nitro benzene ring substituents is 1. The molecule has 1 amide bonds. The number of carbonyl (C=O) groups is 1. The number of carbonyl (C=O) groups excluding carboxylic acids is 1. The molecule has 0 N–H and O–H groups in total. The van der Waals surface area contributed by atoms with E-state index in [0.29, 0.717) is 44.4 Å². The van der Waals surface area contributed by atoms with Gasteiger partial charge in [0.1, 0.15) is 5.75 Å². The normalized spacial score (nSPS) is 14.4. The minimum Gasteiger partial charge on any atom is -0.497 e. The fraction of sp³-hybridized carbons (Fsp3) is 0.286. The third-order valence-corrected chi connectivity index (χ3v) is 5.54. The van der Waals surface area contributed by atoms with Crippen molar-refractivity contribution in [2.75, 3.05) is 33.3 Å². The van der Waals surface area contributed by atoms with E-state index in [0.717, 1.165) is 11.3 Å². The molecule has 2 heterocycles. The van der Waals surface area contributed by atoms with Crippen molar-refractivity contribution < 1.29 is 19.0 Å². The molecule has 3 aromatic rings. The summed E-state index contributed by atoms with van der Waals surface area (Å²) < 4.78 is 10.5. The zero-order chi connectivity index (χ0) is 22.7. The zero-order valence-electron chi connectivity index (χ0n) is 17.2. The van der Waals surface area contributed by atoms with E-state index in [1.165, 1.54) is 18.2 Å². The molecule has 166 valence electrons. The summed E-state index contributed by atoms with van der Waals surface area (Å²) in [6, 6.07) is 11.3. The molecule has 1 aliphatic rings. The predicted molar refractivity (Wildman–Crippen MR) is 116 cm³/mol. The maximum absolute atomic E-state index is 12.8. The lowest BCUT2D eigenvalue weighted by Gasteiger charge is -2.34. The third-order valence-electron chi connectivity index (χ3n) is 5.23. The lowest BCUT2D eigenvalue weighted by atomic mass is 10.1. The Hall–Kier alpha value is -3.50. The van der Waals surface area contributed by atoms with Gasteiger partial charge < -0.3 is 14.2 Å². The van der Waals surface area contributed by atoms with Crippen molar-refractivity contribution in [2.24, 2.45) is 0 Å². The molecule has 0 bridgehead atoms. The molecule has 1 aromatic heterocycles. The maximum atomic E-state index is 12.8. The van der Waals surface area contributed by atoms with Crippen LogP contribution in [-0.4, -0.2) is 64.1 Å². The number of nitro groups is 1. The van der Waals surface area contributed by atoms with Gasteiger partial charge in [-0.05, 0) is 30.3 Å². The number of hydrogen-bond acceptors (Lipinski definition) is 8. The Morgan fingerprint density at radius 1 is 1.19 bits per heavy atom. The number of methoxy groups -OCH3 is 1. The standard InChI is InChI=1S/C21H20ClN5O5/c1-31-16-5-2-14(3-6-16)20-23-19(32-24-20)13-25-8-10-26(11-9-25)21(28)17-7-4-15(27(29)30)12-18(17)22/h2-7,12H,8-11,13H2,1H3. The van der Waals surface area contributed by atoms with Gasteiger partial charge in [-0.1, -0.05) is 16.8 Å². The Kier molecular flexibility index (Phi) is 6.33. The van der Waals surface area contributed by atoms with Crippen molar-refractivity contribution in [3.05, 3.63) is 69.1 Å². The van der Waals surface area contributed by atoms with E-state index in [2.05, 4.69) is 15.0 Å². The van der Waals surface area contributed by atoms with Crippen LogP contribution in [0.3, 0.4) is 0 Å². The molecule has 0 spiro atoms. The molecule has 0 aliphatic carbocycles. The molecule has 0 radical (unpaired) electrons. The largest absolute Gasteiger partial charge is 0.497 e. The summed E-state index contributed by atoms with van der Waals surface area (Å²) in [7, 11) is 1.61. The number of ether oxygens (including phenoxy) is 1. The van der Waals surface area contributed by atoms with E-state index in [9.17, 15) is 14.9 Å². The zero-order valence-corrected chi connectivity index (χ0v) is 18.0. The predicted octanol–water partition coefficient (Wildman–Crippen LogP) is 3.26. The van der Waals surface area contributed by atoms with Crippen LogP contribution >= 0.6 is 11.6 Å². The average molecular weight is 458 g/mol. The SMILES string of the molecule is COc1ccc(-c2noc(CN3CCN(C(=O)c4ccc([N+](=O)[O-])cc4Cl)CC3)n2)cc1. The van der Waals surface area contributed by atoms with E-state index in [4.69, 9.17) is 20.9 Å². The molecule has 0 saturated carbocycles. The topological polar surface area (TPSA) is 115 Å². The number of nitrogens with zero attached hydrogens (tertiary/aromatic N) is 5. The molecule has 32 heavy (non-hydrogen) atoms. The average Bonchev–Trinajstić information content (AvgIpc) is 3.27. The summed E-state index contributed by atoms with van der Waals surface area (Å²) in [6.07, 6.45) is 0. The van der Waals surface area contributed by atoms with Gasteiger partial charge in [0.15, 0.2) is 0 Å². The monoisotopic (exact) mass is 457 g/mol. The van der Waals surface area contributed by atoms with Gasteiger partial charge in [0, 0.05) is 43.9 Å². The van der Waals surface area contributed by atoms with Crippen molar-refractivity contribution in [2.45, 2.75) is 6.54 Å². The van der Waals surface area contributed by atoms with E-state index in [-0.39, 0.29) is 22.2 Å². The molecule has 1 aliphatic heterocycles. The Balaban J connectivity index is 1.34. The first-order valence-corrected chi connectivity index (χ1v) is 10.2. The van der Waals surface area contributed by atoms with Crippen LogP contribution in [0, 0.1) is 10.1 Å². The highest BCUT2D eigenvalue weighted by Gasteiger charge is 2.25. The van der Waals surface area contributed by atoms with Crippen LogP contribution in [0.1, 0.15) is 16.2 Å². The highest BCUT2D eigenvalue weighted by atomic mass is 35.5. The van der Waals surface area contributed by atoms with E-state index in [1.54, 1.807) is 12.0 Å². The summed E-state index contributed by atoms with van der Waals surface area (Å²) in [5, 5.41) is 15.0. The Bertz CT molecular complexity index is 1130. The van der Waals surface area contributed by atoms with Crippen molar-refractivity contribution in [1.82, 2.24) is 19.9 Å². The molecular formula is C21H20ClN5O5. The molecule has 0 unspecified atom stereocenters. The number of piperazine rings is 1. The molecule has 1 fully saturated rings. The highest BCUT2D eigenvalue weighted by Crippen LogP contribution is 2.24. The second-order valence-corrected chi connectivity index (χ2v) is 7.64. The van der Waals surface area contributed by atoms with Crippen molar-refractivity contribution in [1.29, 1.82) is 0 Å². The lowest BCUT2D eigenvalue weighted by molar-refractivity contribution is -0.384. The number of amides is 1. The molecule has 10 nitrogen and oxygen atoms in total. The van der Waals surface area contributed by atoms with E-state index in [1.807, 2.05) is 24.3 Å². The van der Waals surface area contributed by atoms with Gasteiger partial charge in [0.25, 0.3) is 11.6 Å². The summed E-state index contributed by atoms with van der Waals surface area (Å²) in [5.41, 5.74) is 0.938. The number of hydrogen-bond donors (Lipinski definition) is 0. The Morgan fingerprint density at radius 2 is 1.91 bits per heavy atom. The summed E-state index contributed by atoms with van der Waals surface area (Å²) in [6.45, 7) is 2.70. The van der Waals surface area contributed by atoms with Gasteiger partial charge in [0.2, 0.25) is 11.7 Å². The fourth-order valence-electron chi connectivity index (χ4n) is 3.44. The number of benzene rings is 2. The van der Waals surface area contributed by atoms with Crippen LogP contribution in [0.15, 0.2) is 47.0 Å². The molecular weight excluding hydrogens is 438 g/mol. The van der Waals surface area contributed by atoms with Crippen LogP contribution in [0.5, 0.6) is 5.75 Å². The maximum Gasteiger partial charge on any atom is 0.270 e. The Labute approximate surface area is 188 Å². The van der Waals surface area contributed by atoms with Gasteiger partial charge in [-0.25, -0.2) is 0 Å². The van der Waals surface area contributed by atoms with Gasteiger partial charge in [-0.3, -0.25) is 19.8 Å². The van der Waals surface area contributed by atoms with Gasteiger partial charge >= 0.3 is 0 Å². The molecule has 4 rings (SSSR count). The first-order chi connectivity index (χ1) is 15.4. The number of aromatic nitrogens is 2. The molecule has 1 saturated heterocycles. The lowest BCUT2D eigenvalue weighted by Crippen LogP contribution is -2.48. The number of rotatable bonds is 6. The van der Waals surface area contributed by atoms with Gasteiger partial charge in [0.05, 0.1) is 29.2 Å². The van der Waals surface area contributed by atoms with Crippen LogP contribution < -0.4 is 4.74 Å². The van der Waals surface area contributed by atoms with Crippen LogP contribution in [0.25, 0.3) is 11.4 Å². The highest BCUT2D eigenvalue weighted by molar-refractivity contribution is 6.34. The molecule has 2 aromatic carbocycles. The first kappa shape index (κ1) is 21.7. The number of nitro benzene ring substituents is 1. The van der Waals surface area contributed by atoms with Crippen LogP contribution in [0.2, 0.25) is 5.02 Å². The fourth-order valence-corrected chi connectivity index (χ4v) is 3.69. The molecule has 11 heteroatoms. The van der Waals surface area contributed by atoms with E-state index < -0.39 is 4.92 Å². The minimum absolute atomic E-state index is 0.0727. The van der Waals surface area contributed by atoms with Crippen LogP contribution in [-0.2, 0) is 6.54 Å². The van der Waals surface area contributed by atoms with Crippen molar-refractivity contribution in [3.8, 4) is 17.1 Å². The Morgan fingerprint density at radius 3 is 2.53 bits per heavy atom. The van der Waals surface area contributed by atoms with Crippen molar-refractivity contribution in [3.63, 3.8) is 0 Å². The second kappa shape index (κ2) is 9.33. The first-order valence-electron chi connectivity index (χ1n) is 9.87. The summed E-state index contributed by atoms with van der Waals surface area (Å²) >= 11 is 6.10. The van der Waals surface area contributed by atoms with Gasteiger partial charge in [-0.15, -0.1) is 0 Å². The van der Waals surface area contributed by atoms with Crippen molar-refractivity contribution >= 4 is 23.2 Å². The summed E-state index contributed by atoms with van der Waals surface area (Å²) in [4.78, 5) is 31.3. The quantitative estimate of drug-likeness (QED) is 0.409. The number of halogens is 1. The van der Waals surface area contributed by atoms with E-state index >= 15 is 0 Å². The smallest absolute Gasteiger partial charge is 0.270 e. The molecule has 0 atom stereocenters. The van der Waals surface area contributed by atoms with Crippen LogP contribution in [0.4, 0.5) is 5.69 Å². The third kappa shape index (κ3) is 4.71. The summed E-state index contributed by atoms with van der Waals surface area (Å²) in [5.74, 6) is 1.50. The van der Waals surface area contributed by atoms with Gasteiger partial charge in [-0.2, -0.15) is 4.98 Å². The minimum atomic E-state index is -0.545. The second-order valence-electron chi connectivity index (χ2n) is 7.23.